The molecule has 2 aromatic rings. The standard InChI is InChI=1S/C20H26N4O3/c1-21-19(25)15-7-5-6-14(12-15)10-11-23-20(22-2)24-16-8-9-17(26-3)18(13-16)27-4/h5-9,12-13H,10-11H2,1-4H3,(H,21,25)(H2,22,23,24). The number of amides is 1. The number of anilines is 1. The number of ether oxygens (including phenoxy) is 2. The second kappa shape index (κ2) is 10.1. The number of nitrogens with one attached hydrogen (secondary N) is 3. The van der Waals surface area contributed by atoms with E-state index < -0.39 is 0 Å². The van der Waals surface area contributed by atoms with E-state index in [0.29, 0.717) is 29.6 Å². The van der Waals surface area contributed by atoms with Gasteiger partial charge in [0.25, 0.3) is 5.91 Å². The Balaban J connectivity index is 1.94. The van der Waals surface area contributed by atoms with Crippen molar-refractivity contribution in [3.05, 3.63) is 53.6 Å². The Morgan fingerprint density at radius 2 is 1.85 bits per heavy atom. The van der Waals surface area contributed by atoms with Crippen molar-refractivity contribution in [1.29, 1.82) is 0 Å². The highest BCUT2D eigenvalue weighted by Gasteiger charge is 2.07. The van der Waals surface area contributed by atoms with E-state index in [1.807, 2.05) is 36.4 Å². The summed E-state index contributed by atoms with van der Waals surface area (Å²) in [5, 5.41) is 9.11. The highest BCUT2D eigenvalue weighted by atomic mass is 16.5. The van der Waals surface area contributed by atoms with Gasteiger partial charge in [-0.05, 0) is 36.2 Å². The Morgan fingerprint density at radius 1 is 1.07 bits per heavy atom. The Bertz CT molecular complexity index is 806. The van der Waals surface area contributed by atoms with Crippen molar-refractivity contribution in [3.63, 3.8) is 0 Å². The van der Waals surface area contributed by atoms with Crippen LogP contribution >= 0.6 is 0 Å². The summed E-state index contributed by atoms with van der Waals surface area (Å²) in [6.07, 6.45) is 0.761. The Hall–Kier alpha value is -3.22. The number of carbonyl (C=O) groups excluding carboxylic acids is 1. The largest absolute Gasteiger partial charge is 0.493 e. The lowest BCUT2D eigenvalue weighted by molar-refractivity contribution is 0.0963. The minimum atomic E-state index is -0.0873. The van der Waals surface area contributed by atoms with Crippen molar-refractivity contribution in [2.45, 2.75) is 6.42 Å². The SMILES string of the molecule is CN=C(NCCc1cccc(C(=O)NC)c1)Nc1ccc(OC)c(OC)c1. The summed E-state index contributed by atoms with van der Waals surface area (Å²) >= 11 is 0. The predicted octanol–water partition coefficient (Wildman–Crippen LogP) is 2.29. The fourth-order valence-corrected chi connectivity index (χ4v) is 2.57. The molecule has 0 aliphatic carbocycles. The number of hydrogen-bond donors (Lipinski definition) is 3. The molecular weight excluding hydrogens is 344 g/mol. The van der Waals surface area contributed by atoms with Crippen LogP contribution < -0.4 is 25.4 Å². The van der Waals surface area contributed by atoms with Crippen LogP contribution in [0.25, 0.3) is 0 Å². The monoisotopic (exact) mass is 370 g/mol. The van der Waals surface area contributed by atoms with Crippen LogP contribution in [0.5, 0.6) is 11.5 Å². The average Bonchev–Trinajstić information content (AvgIpc) is 2.72. The van der Waals surface area contributed by atoms with Crippen LogP contribution in [-0.2, 0) is 6.42 Å². The van der Waals surface area contributed by atoms with Gasteiger partial charge in [-0.15, -0.1) is 0 Å². The summed E-state index contributed by atoms with van der Waals surface area (Å²) in [6, 6.07) is 13.1. The summed E-state index contributed by atoms with van der Waals surface area (Å²) in [5.74, 6) is 1.87. The van der Waals surface area contributed by atoms with Crippen LogP contribution in [0.2, 0.25) is 0 Å². The molecule has 27 heavy (non-hydrogen) atoms. The van der Waals surface area contributed by atoms with Gasteiger partial charge in [-0.2, -0.15) is 0 Å². The maximum atomic E-state index is 11.7. The molecule has 0 saturated heterocycles. The van der Waals surface area contributed by atoms with Gasteiger partial charge in [0.15, 0.2) is 17.5 Å². The summed E-state index contributed by atoms with van der Waals surface area (Å²) < 4.78 is 10.6. The fraction of sp³-hybridized carbons (Fsp3) is 0.300. The first-order valence-electron chi connectivity index (χ1n) is 8.62. The third-order valence-electron chi connectivity index (χ3n) is 3.99. The Kier molecular flexibility index (Phi) is 7.49. The molecule has 7 nitrogen and oxygen atoms in total. The van der Waals surface area contributed by atoms with Crippen LogP contribution in [0, 0.1) is 0 Å². The lowest BCUT2D eigenvalue weighted by atomic mass is 10.1. The molecule has 0 radical (unpaired) electrons. The van der Waals surface area contributed by atoms with Gasteiger partial charge in [0.2, 0.25) is 0 Å². The Morgan fingerprint density at radius 3 is 2.52 bits per heavy atom. The average molecular weight is 370 g/mol. The molecule has 7 heteroatoms. The van der Waals surface area contributed by atoms with E-state index in [4.69, 9.17) is 9.47 Å². The first-order chi connectivity index (χ1) is 13.1. The summed E-state index contributed by atoms with van der Waals surface area (Å²) in [7, 11) is 6.54. The molecule has 2 aromatic carbocycles. The van der Waals surface area contributed by atoms with Gasteiger partial charge in [-0.1, -0.05) is 12.1 Å². The molecule has 2 rings (SSSR count). The molecule has 0 aromatic heterocycles. The zero-order valence-electron chi connectivity index (χ0n) is 16.1. The van der Waals surface area contributed by atoms with Gasteiger partial charge in [-0.3, -0.25) is 9.79 Å². The zero-order chi connectivity index (χ0) is 19.6. The van der Waals surface area contributed by atoms with Gasteiger partial charge in [0.1, 0.15) is 0 Å². The number of rotatable bonds is 7. The molecule has 0 saturated carbocycles. The lowest BCUT2D eigenvalue weighted by Gasteiger charge is -2.14. The molecule has 0 fully saturated rings. The number of hydrogen-bond acceptors (Lipinski definition) is 4. The molecule has 0 bridgehead atoms. The van der Waals surface area contributed by atoms with E-state index in [2.05, 4.69) is 20.9 Å². The molecule has 0 unspecified atom stereocenters. The third kappa shape index (κ3) is 5.64. The van der Waals surface area contributed by atoms with Crippen LogP contribution in [0.4, 0.5) is 5.69 Å². The summed E-state index contributed by atoms with van der Waals surface area (Å²) in [4.78, 5) is 16.0. The summed E-state index contributed by atoms with van der Waals surface area (Å²) in [6.45, 7) is 0.671. The number of methoxy groups -OCH3 is 2. The number of guanidine groups is 1. The van der Waals surface area contributed by atoms with E-state index in [9.17, 15) is 4.79 Å². The number of carbonyl (C=O) groups is 1. The van der Waals surface area contributed by atoms with Crippen molar-refractivity contribution in [2.75, 3.05) is 40.2 Å². The van der Waals surface area contributed by atoms with E-state index in [1.165, 1.54) is 0 Å². The molecule has 0 heterocycles. The first kappa shape index (κ1) is 20.1. The summed E-state index contributed by atoms with van der Waals surface area (Å²) in [5.41, 5.74) is 2.57. The lowest BCUT2D eigenvalue weighted by Crippen LogP contribution is -2.32. The minimum absolute atomic E-state index is 0.0873. The quantitative estimate of drug-likeness (QED) is 0.514. The van der Waals surface area contributed by atoms with E-state index >= 15 is 0 Å². The predicted molar refractivity (Wildman–Crippen MR) is 108 cm³/mol. The topological polar surface area (TPSA) is 84.0 Å². The maximum Gasteiger partial charge on any atom is 0.251 e. The second-order valence-electron chi connectivity index (χ2n) is 5.72. The van der Waals surface area contributed by atoms with Crippen molar-refractivity contribution < 1.29 is 14.3 Å². The zero-order valence-corrected chi connectivity index (χ0v) is 16.1. The maximum absolute atomic E-state index is 11.7. The van der Waals surface area contributed by atoms with Crippen molar-refractivity contribution in [3.8, 4) is 11.5 Å². The molecule has 1 amide bonds. The molecule has 0 aliphatic heterocycles. The van der Waals surface area contributed by atoms with Crippen molar-refractivity contribution in [2.24, 2.45) is 4.99 Å². The van der Waals surface area contributed by atoms with Gasteiger partial charge in [-0.25, -0.2) is 0 Å². The van der Waals surface area contributed by atoms with Crippen LogP contribution in [0.1, 0.15) is 15.9 Å². The van der Waals surface area contributed by atoms with Crippen LogP contribution in [0.3, 0.4) is 0 Å². The highest BCUT2D eigenvalue weighted by molar-refractivity contribution is 5.94. The molecule has 0 atom stereocenters. The van der Waals surface area contributed by atoms with E-state index in [-0.39, 0.29) is 5.91 Å². The Labute approximate surface area is 159 Å². The molecule has 0 aliphatic rings. The fourth-order valence-electron chi connectivity index (χ4n) is 2.57. The second-order valence-corrected chi connectivity index (χ2v) is 5.72. The third-order valence-corrected chi connectivity index (χ3v) is 3.99. The van der Waals surface area contributed by atoms with Gasteiger partial charge in [0, 0.05) is 38.0 Å². The normalized spacial score (nSPS) is 10.9. The van der Waals surface area contributed by atoms with Gasteiger partial charge in [0.05, 0.1) is 14.2 Å². The van der Waals surface area contributed by atoms with Gasteiger partial charge < -0.3 is 25.4 Å². The highest BCUT2D eigenvalue weighted by Crippen LogP contribution is 2.29. The number of aliphatic imine (C=N–C) groups is 1. The smallest absolute Gasteiger partial charge is 0.251 e. The van der Waals surface area contributed by atoms with Crippen molar-refractivity contribution >= 4 is 17.6 Å². The van der Waals surface area contributed by atoms with Gasteiger partial charge >= 0.3 is 0 Å². The van der Waals surface area contributed by atoms with E-state index in [0.717, 1.165) is 17.7 Å². The number of benzene rings is 2. The van der Waals surface area contributed by atoms with Crippen LogP contribution in [0.15, 0.2) is 47.5 Å². The molecular formula is C20H26N4O3. The number of nitrogens with zero attached hydrogens (tertiary/aromatic N) is 1. The van der Waals surface area contributed by atoms with Crippen molar-refractivity contribution in [1.82, 2.24) is 10.6 Å². The molecule has 0 spiro atoms. The molecule has 144 valence electrons. The molecule has 3 N–H and O–H groups in total. The first-order valence-corrected chi connectivity index (χ1v) is 8.62. The minimum Gasteiger partial charge on any atom is -0.493 e. The van der Waals surface area contributed by atoms with E-state index in [1.54, 1.807) is 34.4 Å². The van der Waals surface area contributed by atoms with Crippen LogP contribution in [-0.4, -0.2) is 46.7 Å².